The average molecular weight is 466 g/mol. The third-order valence-corrected chi connectivity index (χ3v) is 9.05. The fourth-order valence-electron chi connectivity index (χ4n) is 6.47. The van der Waals surface area contributed by atoms with E-state index in [0.717, 1.165) is 28.2 Å². The van der Waals surface area contributed by atoms with Crippen molar-refractivity contribution in [3.63, 3.8) is 0 Å². The summed E-state index contributed by atoms with van der Waals surface area (Å²) in [7, 11) is 1.28. The summed E-state index contributed by atoms with van der Waals surface area (Å²) in [6.45, 7) is 4.29. The number of imide groups is 1. The fraction of sp³-hybridized carbons (Fsp3) is 0.417. The number of aryl methyl sites for hydroxylation is 1. The Morgan fingerprint density at radius 1 is 1.18 bits per heavy atom. The summed E-state index contributed by atoms with van der Waals surface area (Å²) in [5.74, 6) is -3.05. The molecule has 0 bridgehead atoms. The minimum Gasteiger partial charge on any atom is -0.465 e. The molecule has 5 heterocycles. The van der Waals surface area contributed by atoms with Crippen LogP contribution in [0.1, 0.15) is 39.2 Å². The van der Waals surface area contributed by atoms with Crippen molar-refractivity contribution in [3.8, 4) is 0 Å². The number of methoxy groups -OCH3 is 1. The maximum absolute atomic E-state index is 14.1. The summed E-state index contributed by atoms with van der Waals surface area (Å²) in [6.07, 6.45) is 1.61. The molecule has 3 amide bonds. The van der Waals surface area contributed by atoms with Crippen LogP contribution in [-0.2, 0) is 24.7 Å². The molecule has 4 atom stereocenters. The maximum Gasteiger partial charge on any atom is 0.341 e. The number of nitrogens with one attached hydrogen (secondary N) is 1. The highest BCUT2D eigenvalue weighted by Gasteiger charge is 2.74. The van der Waals surface area contributed by atoms with Gasteiger partial charge in [-0.15, -0.1) is 11.3 Å². The molecule has 33 heavy (non-hydrogen) atoms. The molecule has 1 spiro atoms. The minimum atomic E-state index is -1.21. The zero-order chi connectivity index (χ0) is 23.2. The molecule has 1 aromatic carbocycles. The monoisotopic (exact) mass is 465 g/mol. The first-order valence-electron chi connectivity index (χ1n) is 11.1. The lowest BCUT2D eigenvalue weighted by atomic mass is 9.75. The number of nitrogens with zero attached hydrogens (tertiary/aromatic N) is 2. The van der Waals surface area contributed by atoms with Crippen LogP contribution in [-0.4, -0.2) is 48.3 Å². The Morgan fingerprint density at radius 3 is 2.70 bits per heavy atom. The van der Waals surface area contributed by atoms with E-state index in [0.29, 0.717) is 22.8 Å². The van der Waals surface area contributed by atoms with E-state index < -0.39 is 29.3 Å². The number of benzene rings is 1. The molecule has 170 valence electrons. The van der Waals surface area contributed by atoms with Crippen LogP contribution in [0.3, 0.4) is 0 Å². The highest BCUT2D eigenvalue weighted by Crippen LogP contribution is 2.61. The molecule has 0 saturated carbocycles. The molecular formula is C24H23N3O5S. The maximum atomic E-state index is 14.1. The van der Waals surface area contributed by atoms with Gasteiger partial charge in [-0.05, 0) is 44.9 Å². The van der Waals surface area contributed by atoms with Crippen LogP contribution in [0.2, 0.25) is 0 Å². The van der Waals surface area contributed by atoms with Gasteiger partial charge in [0.05, 0.1) is 24.5 Å². The Hall–Kier alpha value is -3.04. The third-order valence-electron chi connectivity index (χ3n) is 7.86. The summed E-state index contributed by atoms with van der Waals surface area (Å²) in [6, 6.07) is 7.22. The van der Waals surface area contributed by atoms with Crippen molar-refractivity contribution < 1.29 is 23.9 Å². The van der Waals surface area contributed by atoms with Crippen LogP contribution in [0.25, 0.3) is 0 Å². The van der Waals surface area contributed by atoms with Gasteiger partial charge in [-0.3, -0.25) is 19.3 Å². The molecule has 1 N–H and O–H groups in total. The molecule has 4 aliphatic heterocycles. The number of para-hydroxylation sites is 1. The zero-order valence-corrected chi connectivity index (χ0v) is 19.3. The van der Waals surface area contributed by atoms with E-state index in [2.05, 4.69) is 10.2 Å². The van der Waals surface area contributed by atoms with Gasteiger partial charge in [0.25, 0.3) is 0 Å². The van der Waals surface area contributed by atoms with E-state index in [1.54, 1.807) is 6.92 Å². The van der Waals surface area contributed by atoms with E-state index in [-0.39, 0.29) is 23.4 Å². The van der Waals surface area contributed by atoms with E-state index in [1.165, 1.54) is 18.4 Å². The molecule has 3 fully saturated rings. The number of carbonyl (C=O) groups is 4. The number of carbonyl (C=O) groups excluding carboxylic acids is 4. The molecule has 2 aromatic rings. The molecule has 0 radical (unpaired) electrons. The number of amides is 3. The number of esters is 1. The smallest absolute Gasteiger partial charge is 0.341 e. The highest BCUT2D eigenvalue weighted by molar-refractivity contribution is 7.17. The predicted molar refractivity (Wildman–Crippen MR) is 121 cm³/mol. The minimum absolute atomic E-state index is 0.197. The Balaban J connectivity index is 1.55. The number of rotatable bonds is 2. The van der Waals surface area contributed by atoms with E-state index in [9.17, 15) is 19.2 Å². The predicted octanol–water partition coefficient (Wildman–Crippen LogP) is 2.58. The molecule has 4 aliphatic rings. The Bertz CT molecular complexity index is 1270. The van der Waals surface area contributed by atoms with Crippen LogP contribution in [0.15, 0.2) is 24.3 Å². The lowest BCUT2D eigenvalue weighted by Crippen LogP contribution is -2.54. The summed E-state index contributed by atoms with van der Waals surface area (Å²) in [5, 5.41) is 3.26. The second-order valence-corrected chi connectivity index (χ2v) is 10.3. The summed E-state index contributed by atoms with van der Waals surface area (Å²) >= 11 is 1.24. The van der Waals surface area contributed by atoms with Gasteiger partial charge in [-0.2, -0.15) is 0 Å². The second-order valence-electron chi connectivity index (χ2n) is 9.14. The molecular weight excluding hydrogens is 442 g/mol. The lowest BCUT2D eigenvalue weighted by Gasteiger charge is -2.36. The van der Waals surface area contributed by atoms with E-state index >= 15 is 0 Å². The third kappa shape index (κ3) is 2.29. The quantitative estimate of drug-likeness (QED) is 0.541. The van der Waals surface area contributed by atoms with Crippen LogP contribution in [0.4, 0.5) is 10.7 Å². The number of ether oxygens (including phenoxy) is 1. The SMILES string of the molecule is COC(=O)c1c(N2C(=O)[C@H]3[C@@H](C2=O)[C@]2(C(=O)Nc4ccccc42)N2CCC[C@@H]32)sc(C)c1C. The van der Waals surface area contributed by atoms with Gasteiger partial charge in [0.1, 0.15) is 10.5 Å². The standard InChI is InChI=1S/C24H23N3O5S/c1-11-12(2)33-21(16(11)22(30)32-3)27-19(28)17-15-9-6-10-26(15)24(18(17)20(27)29)13-7-4-5-8-14(13)25-23(24)31/h4-5,7-8,15,17-18H,6,9-10H2,1-3H3,(H,25,31)/t15-,17+,18-,24+/m0/s1. The molecule has 0 unspecified atom stereocenters. The van der Waals surface area contributed by atoms with Crippen molar-refractivity contribution >= 4 is 45.7 Å². The Kier molecular flexibility index (Phi) is 4.20. The summed E-state index contributed by atoms with van der Waals surface area (Å²) in [4.78, 5) is 58.3. The van der Waals surface area contributed by atoms with Crippen LogP contribution < -0.4 is 10.2 Å². The number of anilines is 2. The fourth-order valence-corrected chi connectivity index (χ4v) is 7.62. The van der Waals surface area contributed by atoms with Crippen LogP contribution in [0, 0.1) is 25.7 Å². The first-order valence-corrected chi connectivity index (χ1v) is 11.9. The van der Waals surface area contributed by atoms with Gasteiger partial charge in [0, 0.05) is 22.2 Å². The Morgan fingerprint density at radius 2 is 1.94 bits per heavy atom. The van der Waals surface area contributed by atoms with Crippen molar-refractivity contribution in [3.05, 3.63) is 45.8 Å². The van der Waals surface area contributed by atoms with Crippen LogP contribution in [0.5, 0.6) is 0 Å². The highest BCUT2D eigenvalue weighted by atomic mass is 32.1. The first kappa shape index (κ1) is 20.6. The van der Waals surface area contributed by atoms with Gasteiger partial charge < -0.3 is 10.1 Å². The zero-order valence-electron chi connectivity index (χ0n) is 18.5. The number of hydrogen-bond acceptors (Lipinski definition) is 7. The molecule has 0 aliphatic carbocycles. The second kappa shape index (κ2) is 6.74. The molecule has 9 heteroatoms. The van der Waals surface area contributed by atoms with Gasteiger partial charge in [0.2, 0.25) is 17.7 Å². The van der Waals surface area contributed by atoms with Crippen LogP contribution >= 0.6 is 11.3 Å². The van der Waals surface area contributed by atoms with Gasteiger partial charge in [0.15, 0.2) is 0 Å². The van der Waals surface area contributed by atoms with Gasteiger partial charge in [-0.25, -0.2) is 9.69 Å². The first-order chi connectivity index (χ1) is 15.8. The Labute approximate surface area is 194 Å². The number of fused-ring (bicyclic) bond motifs is 7. The van der Waals surface area contributed by atoms with Gasteiger partial charge in [-0.1, -0.05) is 18.2 Å². The lowest BCUT2D eigenvalue weighted by molar-refractivity contribution is -0.135. The molecule has 3 saturated heterocycles. The van der Waals surface area contributed by atoms with Crippen molar-refractivity contribution in [1.29, 1.82) is 0 Å². The van der Waals surface area contributed by atoms with E-state index in [4.69, 9.17) is 4.74 Å². The number of hydrogen-bond donors (Lipinski definition) is 1. The van der Waals surface area contributed by atoms with Gasteiger partial charge >= 0.3 is 5.97 Å². The number of thiophene rings is 1. The van der Waals surface area contributed by atoms with Crippen molar-refractivity contribution in [1.82, 2.24) is 4.90 Å². The van der Waals surface area contributed by atoms with Crippen molar-refractivity contribution in [2.75, 3.05) is 23.9 Å². The molecule has 8 nitrogen and oxygen atoms in total. The van der Waals surface area contributed by atoms with Crippen molar-refractivity contribution in [2.24, 2.45) is 11.8 Å². The van der Waals surface area contributed by atoms with E-state index in [1.807, 2.05) is 31.2 Å². The summed E-state index contributed by atoms with van der Waals surface area (Å²) < 4.78 is 4.97. The topological polar surface area (TPSA) is 96.0 Å². The molecule has 6 rings (SSSR count). The largest absolute Gasteiger partial charge is 0.465 e. The summed E-state index contributed by atoms with van der Waals surface area (Å²) in [5.41, 5.74) is 1.17. The van der Waals surface area contributed by atoms with Crippen molar-refractivity contribution in [2.45, 2.75) is 38.3 Å². The average Bonchev–Trinajstić information content (AvgIpc) is 3.55. The molecule has 1 aromatic heterocycles. The normalized spacial score (nSPS) is 30.1.